The zero-order chi connectivity index (χ0) is 5.70. The van der Waals surface area contributed by atoms with Gasteiger partial charge < -0.3 is 5.73 Å². The van der Waals surface area contributed by atoms with Crippen LogP contribution in [0.4, 0.5) is 0 Å². The Labute approximate surface area is 42.9 Å². The van der Waals surface area contributed by atoms with Crippen molar-refractivity contribution in [1.29, 1.82) is 0 Å². The Kier molecular flexibility index (Phi) is 2.92. The van der Waals surface area contributed by atoms with E-state index >= 15 is 0 Å². The minimum absolute atomic E-state index is 0.523. The second kappa shape index (κ2) is 3.33. The summed E-state index contributed by atoms with van der Waals surface area (Å²) in [6, 6.07) is 0. The highest BCUT2D eigenvalue weighted by Gasteiger charge is 1.78. The summed E-state index contributed by atoms with van der Waals surface area (Å²) < 4.78 is 0. The SMILES string of the molecule is C=N/N=C(/N)CC. The van der Waals surface area contributed by atoms with Crippen molar-refractivity contribution in [1.82, 2.24) is 0 Å². The molecule has 0 aromatic rings. The average Bonchev–Trinajstić information content (AvgIpc) is 1.68. The zero-order valence-corrected chi connectivity index (χ0v) is 4.39. The van der Waals surface area contributed by atoms with Gasteiger partial charge in [0.25, 0.3) is 0 Å². The molecule has 0 rings (SSSR count). The van der Waals surface area contributed by atoms with Gasteiger partial charge in [0.15, 0.2) is 0 Å². The summed E-state index contributed by atoms with van der Waals surface area (Å²) in [5.74, 6) is 0.523. The predicted molar refractivity (Wildman–Crippen MR) is 31.5 cm³/mol. The van der Waals surface area contributed by atoms with Crippen LogP contribution < -0.4 is 5.73 Å². The fourth-order valence-electron chi connectivity index (χ4n) is 0.162. The van der Waals surface area contributed by atoms with Crippen molar-refractivity contribution in [2.24, 2.45) is 15.9 Å². The molecule has 0 aromatic carbocycles. The van der Waals surface area contributed by atoms with Gasteiger partial charge in [0.1, 0.15) is 5.84 Å². The molecule has 0 aromatic heterocycles. The fraction of sp³-hybridized carbons (Fsp3) is 0.500. The summed E-state index contributed by atoms with van der Waals surface area (Å²) in [6.45, 7) is 5.04. The Morgan fingerprint density at radius 3 is 2.57 bits per heavy atom. The van der Waals surface area contributed by atoms with Gasteiger partial charge in [-0.05, 0) is 0 Å². The van der Waals surface area contributed by atoms with E-state index in [-0.39, 0.29) is 0 Å². The molecule has 0 amide bonds. The molecular weight excluding hydrogens is 90.1 g/mol. The summed E-state index contributed by atoms with van der Waals surface area (Å²) in [4.78, 5) is 0. The molecule has 0 unspecified atom stereocenters. The standard InChI is InChI=1S/C4H9N3/c1-3-4(5)7-6-2/h2-3H2,1H3,(H2,5,7). The number of hydrogen-bond donors (Lipinski definition) is 1. The minimum Gasteiger partial charge on any atom is -0.386 e. The second-order valence-electron chi connectivity index (χ2n) is 1.09. The molecule has 3 nitrogen and oxygen atoms in total. The van der Waals surface area contributed by atoms with Crippen molar-refractivity contribution in [3.63, 3.8) is 0 Å². The Balaban J connectivity index is 3.49. The summed E-state index contributed by atoms with van der Waals surface area (Å²) in [7, 11) is 0. The number of rotatable bonds is 2. The molecule has 0 aliphatic heterocycles. The van der Waals surface area contributed by atoms with Crippen molar-refractivity contribution in [2.45, 2.75) is 13.3 Å². The average molecular weight is 99.1 g/mol. The van der Waals surface area contributed by atoms with Gasteiger partial charge in [-0.3, -0.25) is 0 Å². The third-order valence-corrected chi connectivity index (χ3v) is 0.561. The third-order valence-electron chi connectivity index (χ3n) is 0.561. The highest BCUT2D eigenvalue weighted by atomic mass is 15.2. The number of nitrogens with zero attached hydrogens (tertiary/aromatic N) is 2. The molecule has 0 bridgehead atoms. The normalized spacial score (nSPS) is 11.3. The quantitative estimate of drug-likeness (QED) is 0.303. The zero-order valence-electron chi connectivity index (χ0n) is 4.39. The maximum Gasteiger partial charge on any atom is 0.122 e. The monoisotopic (exact) mass is 99.1 g/mol. The first-order valence-corrected chi connectivity index (χ1v) is 2.09. The first-order chi connectivity index (χ1) is 3.31. The maximum absolute atomic E-state index is 5.20. The summed E-state index contributed by atoms with van der Waals surface area (Å²) in [6.07, 6.45) is 0.735. The molecule has 7 heavy (non-hydrogen) atoms. The first-order valence-electron chi connectivity index (χ1n) is 2.09. The van der Waals surface area contributed by atoms with Crippen molar-refractivity contribution >= 4 is 12.6 Å². The third kappa shape index (κ3) is 2.96. The minimum atomic E-state index is 0.523. The molecule has 0 aliphatic carbocycles. The predicted octanol–water partition coefficient (Wildman–Crippen LogP) is 0.369. The molecule has 0 fully saturated rings. The topological polar surface area (TPSA) is 50.7 Å². The molecule has 0 radical (unpaired) electrons. The lowest BCUT2D eigenvalue weighted by Crippen LogP contribution is -2.07. The lowest BCUT2D eigenvalue weighted by Gasteiger charge is -1.84. The van der Waals surface area contributed by atoms with Crippen LogP contribution in [0.2, 0.25) is 0 Å². The summed E-state index contributed by atoms with van der Waals surface area (Å²) in [5.41, 5.74) is 5.20. The first kappa shape index (κ1) is 6.14. The summed E-state index contributed by atoms with van der Waals surface area (Å²) in [5, 5.41) is 6.67. The van der Waals surface area contributed by atoms with Gasteiger partial charge in [0, 0.05) is 13.1 Å². The van der Waals surface area contributed by atoms with Crippen LogP contribution in [0.25, 0.3) is 0 Å². The van der Waals surface area contributed by atoms with E-state index < -0.39 is 0 Å². The lowest BCUT2D eigenvalue weighted by atomic mass is 10.5. The van der Waals surface area contributed by atoms with Gasteiger partial charge in [0.2, 0.25) is 0 Å². The van der Waals surface area contributed by atoms with Gasteiger partial charge in [-0.2, -0.15) is 5.10 Å². The lowest BCUT2D eigenvalue weighted by molar-refractivity contribution is 1.16. The van der Waals surface area contributed by atoms with Crippen molar-refractivity contribution in [2.75, 3.05) is 0 Å². The molecule has 3 heteroatoms. The molecular formula is C4H9N3. The summed E-state index contributed by atoms with van der Waals surface area (Å²) >= 11 is 0. The highest BCUT2D eigenvalue weighted by Crippen LogP contribution is 1.74. The van der Waals surface area contributed by atoms with Gasteiger partial charge in [-0.25, -0.2) is 0 Å². The van der Waals surface area contributed by atoms with E-state index in [9.17, 15) is 0 Å². The number of nitrogens with two attached hydrogens (primary N) is 1. The fourth-order valence-corrected chi connectivity index (χ4v) is 0.162. The van der Waals surface area contributed by atoms with E-state index in [2.05, 4.69) is 16.9 Å². The van der Waals surface area contributed by atoms with Crippen LogP contribution >= 0.6 is 0 Å². The van der Waals surface area contributed by atoms with Gasteiger partial charge in [-0.1, -0.05) is 6.92 Å². The Morgan fingerprint density at radius 1 is 1.86 bits per heavy atom. The van der Waals surface area contributed by atoms with Crippen molar-refractivity contribution < 1.29 is 0 Å². The van der Waals surface area contributed by atoms with Crippen molar-refractivity contribution in [3.05, 3.63) is 0 Å². The van der Waals surface area contributed by atoms with Crippen LogP contribution in [-0.4, -0.2) is 12.6 Å². The van der Waals surface area contributed by atoms with Crippen LogP contribution in [0.1, 0.15) is 13.3 Å². The van der Waals surface area contributed by atoms with E-state index in [0.717, 1.165) is 6.42 Å². The smallest absolute Gasteiger partial charge is 0.122 e. The number of hydrogen-bond acceptors (Lipinski definition) is 2. The molecule has 40 valence electrons. The van der Waals surface area contributed by atoms with Crippen molar-refractivity contribution in [3.8, 4) is 0 Å². The maximum atomic E-state index is 5.20. The van der Waals surface area contributed by atoms with Gasteiger partial charge in [-0.15, -0.1) is 5.10 Å². The van der Waals surface area contributed by atoms with Crippen LogP contribution in [0, 0.1) is 0 Å². The molecule has 0 aliphatic rings. The van der Waals surface area contributed by atoms with E-state index in [1.54, 1.807) is 0 Å². The van der Waals surface area contributed by atoms with Gasteiger partial charge >= 0.3 is 0 Å². The van der Waals surface area contributed by atoms with Crippen LogP contribution in [0.3, 0.4) is 0 Å². The van der Waals surface area contributed by atoms with Crippen LogP contribution in [0.5, 0.6) is 0 Å². The molecule has 0 spiro atoms. The van der Waals surface area contributed by atoms with E-state index in [0.29, 0.717) is 5.84 Å². The van der Waals surface area contributed by atoms with Gasteiger partial charge in [0.05, 0.1) is 0 Å². The molecule has 0 heterocycles. The molecule has 2 N–H and O–H groups in total. The molecule has 0 atom stereocenters. The Morgan fingerprint density at radius 2 is 2.43 bits per heavy atom. The van der Waals surface area contributed by atoms with E-state index in [1.165, 1.54) is 0 Å². The number of amidine groups is 1. The van der Waals surface area contributed by atoms with E-state index in [1.807, 2.05) is 6.92 Å². The second-order valence-corrected chi connectivity index (χ2v) is 1.09. The van der Waals surface area contributed by atoms with E-state index in [4.69, 9.17) is 5.73 Å². The highest BCUT2D eigenvalue weighted by molar-refractivity contribution is 5.79. The largest absolute Gasteiger partial charge is 0.386 e. The van der Waals surface area contributed by atoms with Crippen LogP contribution in [0.15, 0.2) is 10.2 Å². The molecule has 0 saturated carbocycles. The molecule has 0 saturated heterocycles. The Bertz CT molecular complexity index is 84.9. The van der Waals surface area contributed by atoms with Crippen LogP contribution in [-0.2, 0) is 0 Å². The Hall–Kier alpha value is -0.860.